The minimum absolute atomic E-state index is 0.106. The number of urea groups is 1. The second-order valence-corrected chi connectivity index (χ2v) is 6.52. The highest BCUT2D eigenvalue weighted by molar-refractivity contribution is 5.82. The first-order valence-corrected chi connectivity index (χ1v) is 7.87. The zero-order valence-electron chi connectivity index (χ0n) is 13.3. The Morgan fingerprint density at radius 2 is 2.18 bits per heavy atom. The van der Waals surface area contributed by atoms with Gasteiger partial charge in [-0.15, -0.1) is 0 Å². The van der Waals surface area contributed by atoms with Crippen LogP contribution in [0.25, 0.3) is 0 Å². The number of aryl methyl sites for hydroxylation is 1. The van der Waals surface area contributed by atoms with E-state index in [1.54, 1.807) is 0 Å². The molecular formula is C16H23N3O3. The summed E-state index contributed by atoms with van der Waals surface area (Å²) in [7, 11) is 0. The lowest BCUT2D eigenvalue weighted by Gasteiger charge is -2.18. The Hall–Kier alpha value is -1.98. The third-order valence-electron chi connectivity index (χ3n) is 4.50. The summed E-state index contributed by atoms with van der Waals surface area (Å²) < 4.78 is 5.50. The Kier molecular flexibility index (Phi) is 3.85. The third kappa shape index (κ3) is 3.10. The van der Waals surface area contributed by atoms with Gasteiger partial charge >= 0.3 is 6.03 Å². The minimum atomic E-state index is -0.259. The predicted octanol–water partition coefficient (Wildman–Crippen LogP) is 1.96. The highest BCUT2D eigenvalue weighted by atomic mass is 16.3. The van der Waals surface area contributed by atoms with E-state index >= 15 is 0 Å². The maximum Gasteiger partial charge on any atom is 0.315 e. The van der Waals surface area contributed by atoms with Gasteiger partial charge in [0.15, 0.2) is 0 Å². The molecule has 0 spiro atoms. The number of nitrogens with one attached hydrogen (secondary N) is 2. The van der Waals surface area contributed by atoms with Crippen LogP contribution >= 0.6 is 0 Å². The van der Waals surface area contributed by atoms with Crippen molar-refractivity contribution >= 4 is 11.9 Å². The molecule has 6 heteroatoms. The van der Waals surface area contributed by atoms with E-state index in [2.05, 4.69) is 17.6 Å². The molecule has 0 radical (unpaired) electrons. The van der Waals surface area contributed by atoms with Crippen molar-refractivity contribution in [2.24, 2.45) is 5.92 Å². The molecule has 1 saturated carbocycles. The predicted molar refractivity (Wildman–Crippen MR) is 81.2 cm³/mol. The van der Waals surface area contributed by atoms with Gasteiger partial charge in [-0.25, -0.2) is 4.79 Å². The van der Waals surface area contributed by atoms with E-state index < -0.39 is 0 Å². The molecule has 1 aliphatic carbocycles. The lowest BCUT2D eigenvalue weighted by atomic mass is 10.2. The summed E-state index contributed by atoms with van der Waals surface area (Å²) in [6.07, 6.45) is 1.48. The molecule has 2 heterocycles. The van der Waals surface area contributed by atoms with Crippen LogP contribution in [0.15, 0.2) is 16.5 Å². The molecule has 0 aromatic carbocycles. The average Bonchev–Trinajstić information content (AvgIpc) is 2.82. The van der Waals surface area contributed by atoms with E-state index in [1.165, 1.54) is 0 Å². The molecule has 2 aliphatic rings. The van der Waals surface area contributed by atoms with E-state index in [9.17, 15) is 9.59 Å². The van der Waals surface area contributed by atoms with Gasteiger partial charge in [-0.05, 0) is 38.3 Å². The van der Waals surface area contributed by atoms with Crippen molar-refractivity contribution in [3.63, 3.8) is 0 Å². The lowest BCUT2D eigenvalue weighted by molar-refractivity contribution is -0.128. The molecule has 6 nitrogen and oxygen atoms in total. The fourth-order valence-corrected chi connectivity index (χ4v) is 3.07. The van der Waals surface area contributed by atoms with Gasteiger partial charge in [-0.3, -0.25) is 4.79 Å². The molecule has 4 unspecified atom stereocenters. The van der Waals surface area contributed by atoms with Gasteiger partial charge in [-0.2, -0.15) is 0 Å². The molecule has 1 aliphatic heterocycles. The van der Waals surface area contributed by atoms with E-state index in [-0.39, 0.29) is 24.0 Å². The number of hydrogen-bond donors (Lipinski definition) is 2. The number of nitrogens with zero attached hydrogens (tertiary/aromatic N) is 1. The molecular weight excluding hydrogens is 282 g/mol. The first-order valence-electron chi connectivity index (χ1n) is 7.87. The fraction of sp³-hybridized carbons (Fsp3) is 0.625. The summed E-state index contributed by atoms with van der Waals surface area (Å²) in [5, 5.41) is 5.74. The second kappa shape index (κ2) is 5.66. The molecule has 1 saturated heterocycles. The lowest BCUT2D eigenvalue weighted by Crippen LogP contribution is -2.44. The van der Waals surface area contributed by atoms with Crippen LogP contribution in [0.3, 0.4) is 0 Å². The number of likely N-dealkylation sites (tertiary alicyclic amines) is 1. The number of carbonyl (C=O) groups is 2. The van der Waals surface area contributed by atoms with Crippen LogP contribution in [0.1, 0.15) is 44.3 Å². The van der Waals surface area contributed by atoms with E-state index in [1.807, 2.05) is 30.9 Å². The summed E-state index contributed by atoms with van der Waals surface area (Å²) in [6, 6.07) is 3.54. The second-order valence-electron chi connectivity index (χ2n) is 6.52. The monoisotopic (exact) mass is 305 g/mol. The van der Waals surface area contributed by atoms with Crippen LogP contribution in [0, 0.1) is 12.8 Å². The molecule has 0 bridgehead atoms. The van der Waals surface area contributed by atoms with Crippen LogP contribution in [-0.2, 0) is 4.79 Å². The maximum atomic E-state index is 12.1. The number of furan rings is 1. The Balaban J connectivity index is 1.49. The van der Waals surface area contributed by atoms with Crippen molar-refractivity contribution in [2.75, 3.05) is 6.54 Å². The van der Waals surface area contributed by atoms with E-state index in [0.29, 0.717) is 24.9 Å². The average molecular weight is 305 g/mol. The van der Waals surface area contributed by atoms with Crippen LogP contribution in [-0.4, -0.2) is 35.5 Å². The quantitative estimate of drug-likeness (QED) is 0.893. The van der Waals surface area contributed by atoms with Gasteiger partial charge in [0, 0.05) is 19.0 Å². The Morgan fingerprint density at radius 1 is 1.45 bits per heavy atom. The standard InChI is InChI=1S/C16H23N3O3/c1-9-6-13(9)19-8-12(7-15(19)20)18-16(21)17-11(3)14-5-4-10(2)22-14/h4-5,9,11-13H,6-8H2,1-3H3,(H2,17,18,21). The van der Waals surface area contributed by atoms with Crippen LogP contribution in [0.4, 0.5) is 4.79 Å². The summed E-state index contributed by atoms with van der Waals surface area (Å²) in [4.78, 5) is 25.9. The molecule has 4 atom stereocenters. The fourth-order valence-electron chi connectivity index (χ4n) is 3.07. The Morgan fingerprint density at radius 3 is 2.77 bits per heavy atom. The Bertz CT molecular complexity index is 583. The zero-order chi connectivity index (χ0) is 15.9. The highest BCUT2D eigenvalue weighted by Crippen LogP contribution is 2.37. The van der Waals surface area contributed by atoms with Crippen molar-refractivity contribution in [2.45, 2.75) is 51.7 Å². The van der Waals surface area contributed by atoms with E-state index in [4.69, 9.17) is 4.42 Å². The molecule has 3 rings (SSSR count). The molecule has 22 heavy (non-hydrogen) atoms. The number of carbonyl (C=O) groups excluding carboxylic acids is 2. The topological polar surface area (TPSA) is 74.6 Å². The summed E-state index contributed by atoms with van der Waals surface area (Å²) in [5.74, 6) is 2.29. The molecule has 2 fully saturated rings. The Labute approximate surface area is 130 Å². The smallest absolute Gasteiger partial charge is 0.315 e. The highest BCUT2D eigenvalue weighted by Gasteiger charge is 2.44. The SMILES string of the molecule is Cc1ccc(C(C)NC(=O)NC2CC(=O)N(C3CC3C)C2)o1. The molecule has 3 amide bonds. The normalized spacial score (nSPS) is 28.6. The van der Waals surface area contributed by atoms with Crippen molar-refractivity contribution in [1.82, 2.24) is 15.5 Å². The van der Waals surface area contributed by atoms with Crippen LogP contribution in [0.5, 0.6) is 0 Å². The van der Waals surface area contributed by atoms with Gasteiger partial charge in [-0.1, -0.05) is 6.92 Å². The van der Waals surface area contributed by atoms with E-state index in [0.717, 1.165) is 17.9 Å². The number of amides is 3. The van der Waals surface area contributed by atoms with Gasteiger partial charge in [0.1, 0.15) is 11.5 Å². The maximum absolute atomic E-state index is 12.1. The summed E-state index contributed by atoms with van der Waals surface area (Å²) in [5.41, 5.74) is 0. The van der Waals surface area contributed by atoms with Crippen molar-refractivity contribution in [3.05, 3.63) is 23.7 Å². The first kappa shape index (κ1) is 14.9. The summed E-state index contributed by atoms with van der Waals surface area (Å²) >= 11 is 0. The number of rotatable bonds is 4. The molecule has 2 N–H and O–H groups in total. The largest absolute Gasteiger partial charge is 0.464 e. The van der Waals surface area contributed by atoms with Crippen molar-refractivity contribution in [1.29, 1.82) is 0 Å². The molecule has 1 aromatic heterocycles. The van der Waals surface area contributed by atoms with Gasteiger partial charge in [0.2, 0.25) is 5.91 Å². The van der Waals surface area contributed by atoms with Gasteiger partial charge in [0.25, 0.3) is 0 Å². The van der Waals surface area contributed by atoms with Gasteiger partial charge < -0.3 is 20.0 Å². The van der Waals surface area contributed by atoms with Crippen LogP contribution < -0.4 is 10.6 Å². The van der Waals surface area contributed by atoms with Crippen LogP contribution in [0.2, 0.25) is 0 Å². The van der Waals surface area contributed by atoms with Gasteiger partial charge in [0.05, 0.1) is 12.1 Å². The zero-order valence-corrected chi connectivity index (χ0v) is 13.3. The van der Waals surface area contributed by atoms with Crippen molar-refractivity contribution in [3.8, 4) is 0 Å². The molecule has 120 valence electrons. The minimum Gasteiger partial charge on any atom is -0.464 e. The first-order chi connectivity index (χ1) is 10.4. The third-order valence-corrected chi connectivity index (χ3v) is 4.50. The summed E-state index contributed by atoms with van der Waals surface area (Å²) in [6.45, 7) is 6.51. The number of hydrogen-bond acceptors (Lipinski definition) is 3. The van der Waals surface area contributed by atoms with Crippen molar-refractivity contribution < 1.29 is 14.0 Å². The molecule has 1 aromatic rings.